The van der Waals surface area contributed by atoms with E-state index in [0.29, 0.717) is 79.3 Å². The third-order valence-electron chi connectivity index (χ3n) is 12.3. The van der Waals surface area contributed by atoms with Crippen molar-refractivity contribution >= 4 is 55.9 Å². The van der Waals surface area contributed by atoms with Gasteiger partial charge in [0.2, 0.25) is 0 Å². The Labute approximate surface area is 407 Å². The van der Waals surface area contributed by atoms with E-state index in [0.717, 1.165) is 67.4 Å². The van der Waals surface area contributed by atoms with E-state index in [1.807, 2.05) is 36.4 Å². The smallest absolute Gasteiger partial charge is 0.269 e. The van der Waals surface area contributed by atoms with E-state index in [1.54, 1.807) is 26.4 Å². The van der Waals surface area contributed by atoms with Crippen LogP contribution in [0.15, 0.2) is 158 Å². The molecule has 9 rings (SSSR count). The molecule has 0 spiro atoms. The number of aromatic nitrogens is 1. The van der Waals surface area contributed by atoms with Crippen molar-refractivity contribution < 1.29 is 42.8 Å². The Morgan fingerprint density at radius 1 is 0.529 bits per heavy atom. The van der Waals surface area contributed by atoms with Crippen LogP contribution in [0.1, 0.15) is 11.5 Å². The van der Waals surface area contributed by atoms with Gasteiger partial charge in [-0.05, 0) is 109 Å². The molecule has 2 atom stereocenters. The quantitative estimate of drug-likeness (QED) is 0.0291. The van der Waals surface area contributed by atoms with Crippen LogP contribution in [-0.2, 0) is 28.4 Å². The topological polar surface area (TPSA) is 128 Å². The lowest BCUT2D eigenvalue weighted by atomic mass is 9.91. The first kappa shape index (κ1) is 48.0. The fourth-order valence-electron chi connectivity index (χ4n) is 9.08. The molecule has 2 unspecified atom stereocenters. The maximum absolute atomic E-state index is 11.8. The van der Waals surface area contributed by atoms with Crippen molar-refractivity contribution in [2.45, 2.75) is 12.0 Å². The number of nitro benzene ring substituents is 1. The molecule has 0 saturated heterocycles. The third kappa shape index (κ3) is 11.0. The fraction of sp³-hybridized carbons (Fsp3) is 0.286. The summed E-state index contributed by atoms with van der Waals surface area (Å²) in [6, 6.07) is 44.7. The Morgan fingerprint density at radius 3 is 1.69 bits per heavy atom. The van der Waals surface area contributed by atoms with Gasteiger partial charge in [0.25, 0.3) is 5.69 Å². The van der Waals surface area contributed by atoms with Gasteiger partial charge in [0, 0.05) is 77.2 Å². The highest BCUT2D eigenvalue weighted by Gasteiger charge is 2.38. The summed E-state index contributed by atoms with van der Waals surface area (Å²) in [5, 5.41) is 14.0. The van der Waals surface area contributed by atoms with Crippen LogP contribution in [0.25, 0.3) is 27.5 Å². The summed E-state index contributed by atoms with van der Waals surface area (Å²) in [5.41, 5.74) is 9.12. The van der Waals surface area contributed by atoms with Crippen molar-refractivity contribution in [2.24, 2.45) is 0 Å². The molecule has 14 heteroatoms. The first-order valence-electron chi connectivity index (χ1n) is 23.6. The molecule has 6 aromatic carbocycles. The Hall–Kier alpha value is -7.04. The van der Waals surface area contributed by atoms with E-state index in [2.05, 4.69) is 124 Å². The molecule has 2 aliphatic rings. The number of non-ortho nitro benzene ring substituents is 1. The summed E-state index contributed by atoms with van der Waals surface area (Å²) >= 11 is 0. The summed E-state index contributed by atoms with van der Waals surface area (Å²) < 4.78 is 46.5. The number of nitro groups is 1. The number of ether oxygens (including phenoxy) is 8. The van der Waals surface area contributed by atoms with Gasteiger partial charge < -0.3 is 52.3 Å². The minimum atomic E-state index is -0.365. The standard InChI is InChI=1S/C56H58N4O10/c1-63-27-29-65-31-33-67-35-37-69-47-21-15-42(16-22-47)58-53-9-5-3-7-49(53)51-39-45(19-25-55(51)58)57(41-11-13-44(14-12-41)60(61)62)46-20-26-56-52(40-46)50-8-4-6-10-54(50)59(56)43-17-23-48(24-18-43)70-38-36-68-34-32-66-30-28-64-2/h3-26,39-40,49,53H,27-38H2,1-2H3. The minimum Gasteiger partial charge on any atom is -0.491 e. The van der Waals surface area contributed by atoms with Crippen LogP contribution in [0.3, 0.4) is 0 Å². The Kier molecular flexibility index (Phi) is 16.1. The molecule has 14 nitrogen and oxygen atoms in total. The summed E-state index contributed by atoms with van der Waals surface area (Å²) in [6.45, 7) is 6.01. The number of hydrogen-bond donors (Lipinski definition) is 0. The Morgan fingerprint density at radius 2 is 1.06 bits per heavy atom. The van der Waals surface area contributed by atoms with Gasteiger partial charge in [-0.2, -0.15) is 0 Å². The van der Waals surface area contributed by atoms with Crippen LogP contribution >= 0.6 is 0 Å². The second kappa shape index (κ2) is 23.5. The van der Waals surface area contributed by atoms with Gasteiger partial charge >= 0.3 is 0 Å². The fourth-order valence-corrected chi connectivity index (χ4v) is 9.08. The molecule has 2 heterocycles. The van der Waals surface area contributed by atoms with E-state index in [9.17, 15) is 10.1 Å². The monoisotopic (exact) mass is 946 g/mol. The number of anilines is 5. The summed E-state index contributed by atoms with van der Waals surface area (Å²) in [5.74, 6) is 1.61. The normalized spacial score (nSPS) is 14.9. The van der Waals surface area contributed by atoms with Crippen LogP contribution in [0.4, 0.5) is 34.1 Å². The number of benzene rings is 6. The van der Waals surface area contributed by atoms with Gasteiger partial charge in [-0.3, -0.25) is 10.1 Å². The van der Waals surface area contributed by atoms with E-state index in [1.165, 1.54) is 5.56 Å². The highest BCUT2D eigenvalue weighted by atomic mass is 16.6. The number of fused-ring (bicyclic) bond motifs is 6. The van der Waals surface area contributed by atoms with Crippen molar-refractivity contribution in [3.63, 3.8) is 0 Å². The molecular formula is C56H58N4O10. The zero-order valence-corrected chi connectivity index (χ0v) is 39.5. The highest BCUT2D eigenvalue weighted by molar-refractivity contribution is 6.10. The van der Waals surface area contributed by atoms with Gasteiger partial charge in [0.05, 0.1) is 88.1 Å². The van der Waals surface area contributed by atoms with Crippen molar-refractivity contribution in [3.8, 4) is 17.2 Å². The van der Waals surface area contributed by atoms with Crippen LogP contribution < -0.4 is 19.3 Å². The third-order valence-corrected chi connectivity index (χ3v) is 12.3. The molecule has 0 bridgehead atoms. The van der Waals surface area contributed by atoms with Gasteiger partial charge in [0.15, 0.2) is 0 Å². The second-order valence-corrected chi connectivity index (χ2v) is 16.7. The zero-order valence-electron chi connectivity index (χ0n) is 39.5. The molecule has 0 radical (unpaired) electrons. The van der Waals surface area contributed by atoms with Gasteiger partial charge in [-0.15, -0.1) is 0 Å². The molecule has 362 valence electrons. The molecule has 1 aliphatic heterocycles. The molecule has 7 aromatic rings. The van der Waals surface area contributed by atoms with Crippen LogP contribution in [0.2, 0.25) is 0 Å². The van der Waals surface area contributed by atoms with E-state index < -0.39 is 0 Å². The van der Waals surface area contributed by atoms with Crippen molar-refractivity contribution in [2.75, 3.05) is 103 Å². The van der Waals surface area contributed by atoms with Crippen LogP contribution in [0.5, 0.6) is 11.5 Å². The van der Waals surface area contributed by atoms with Gasteiger partial charge in [-0.25, -0.2) is 0 Å². The molecule has 70 heavy (non-hydrogen) atoms. The van der Waals surface area contributed by atoms with Gasteiger partial charge in [0.1, 0.15) is 24.7 Å². The summed E-state index contributed by atoms with van der Waals surface area (Å²) in [6.07, 6.45) is 8.75. The zero-order chi connectivity index (χ0) is 48.1. The summed E-state index contributed by atoms with van der Waals surface area (Å²) in [7, 11) is 3.30. The van der Waals surface area contributed by atoms with Crippen molar-refractivity contribution in [1.82, 2.24) is 4.57 Å². The number of para-hydroxylation sites is 1. The van der Waals surface area contributed by atoms with Crippen LogP contribution in [0, 0.1) is 10.1 Å². The van der Waals surface area contributed by atoms with E-state index in [-0.39, 0.29) is 22.6 Å². The highest BCUT2D eigenvalue weighted by Crippen LogP contribution is 2.50. The SMILES string of the molecule is COCCOCCOCCOc1ccc(N2c3ccc(N(c4ccc([N+](=O)[O-])cc4)c4ccc5c(c4)c4ccccc4n5-c4ccc(OCCOCCOCCOC)cc4)cc3C3C=CC=CC32)cc1. The first-order chi connectivity index (χ1) is 34.5. The lowest BCUT2D eigenvalue weighted by Crippen LogP contribution is -2.28. The van der Waals surface area contributed by atoms with Crippen molar-refractivity contribution in [3.05, 3.63) is 173 Å². The largest absolute Gasteiger partial charge is 0.491 e. The predicted molar refractivity (Wildman–Crippen MR) is 274 cm³/mol. The predicted octanol–water partition coefficient (Wildman–Crippen LogP) is 11.0. The van der Waals surface area contributed by atoms with Crippen molar-refractivity contribution in [1.29, 1.82) is 0 Å². The molecule has 0 fully saturated rings. The average Bonchev–Trinajstić information content (AvgIpc) is 3.90. The van der Waals surface area contributed by atoms with Gasteiger partial charge in [-0.1, -0.05) is 42.5 Å². The number of nitrogens with zero attached hydrogens (tertiary/aromatic N) is 4. The molecular weight excluding hydrogens is 889 g/mol. The lowest BCUT2D eigenvalue weighted by Gasteiger charge is -2.29. The first-order valence-corrected chi connectivity index (χ1v) is 23.6. The molecule has 1 aliphatic carbocycles. The second-order valence-electron chi connectivity index (χ2n) is 16.7. The lowest BCUT2D eigenvalue weighted by molar-refractivity contribution is -0.384. The number of rotatable bonds is 26. The molecule has 0 N–H and O–H groups in total. The Balaban J connectivity index is 0.976. The maximum Gasteiger partial charge on any atom is 0.269 e. The van der Waals surface area contributed by atoms with E-state index in [4.69, 9.17) is 37.9 Å². The summed E-state index contributed by atoms with van der Waals surface area (Å²) in [4.78, 5) is 16.0. The number of allylic oxidation sites excluding steroid dienone is 2. The Bertz CT molecular complexity index is 2880. The number of methoxy groups -OCH3 is 2. The average molecular weight is 947 g/mol. The molecule has 0 saturated carbocycles. The molecule has 0 amide bonds. The minimum absolute atomic E-state index is 0.0299. The number of hydrogen-bond acceptors (Lipinski definition) is 12. The molecule has 1 aromatic heterocycles. The van der Waals surface area contributed by atoms with Crippen LogP contribution in [-0.4, -0.2) is 109 Å². The van der Waals surface area contributed by atoms with E-state index >= 15 is 0 Å². The maximum atomic E-state index is 11.8.